The number of sulfone groups is 1. The van der Waals surface area contributed by atoms with Crippen molar-refractivity contribution in [2.75, 3.05) is 12.8 Å². The van der Waals surface area contributed by atoms with Gasteiger partial charge in [0, 0.05) is 12.8 Å². The van der Waals surface area contributed by atoms with Crippen molar-refractivity contribution in [3.05, 3.63) is 29.8 Å². The van der Waals surface area contributed by atoms with E-state index in [9.17, 15) is 13.2 Å². The molecule has 0 aliphatic heterocycles. The van der Waals surface area contributed by atoms with Crippen LogP contribution in [0.4, 0.5) is 0 Å². The third kappa shape index (κ3) is 4.54. The smallest absolute Gasteiger partial charge is 0.307 e. The molecule has 0 amide bonds. The Morgan fingerprint density at radius 3 is 2.35 bits per heavy atom. The Balaban J connectivity index is 2.60. The van der Waals surface area contributed by atoms with Crippen molar-refractivity contribution in [2.24, 2.45) is 5.73 Å². The van der Waals surface area contributed by atoms with Gasteiger partial charge in [-0.15, -0.1) is 0 Å². The fourth-order valence-corrected chi connectivity index (χ4v) is 1.82. The van der Waals surface area contributed by atoms with Crippen LogP contribution in [0, 0.1) is 0 Å². The second-order valence-corrected chi connectivity index (χ2v) is 5.63. The van der Waals surface area contributed by atoms with Crippen LogP contribution in [-0.4, -0.2) is 27.2 Å². The first-order valence-electron chi connectivity index (χ1n) is 5.08. The minimum absolute atomic E-state index is 0.128. The van der Waals surface area contributed by atoms with Gasteiger partial charge < -0.3 is 10.5 Å². The summed E-state index contributed by atoms with van der Waals surface area (Å²) in [7, 11) is -3.18. The van der Waals surface area contributed by atoms with E-state index in [1.54, 1.807) is 12.1 Å². The molecule has 17 heavy (non-hydrogen) atoms. The fraction of sp³-hybridized carbons (Fsp3) is 0.364. The van der Waals surface area contributed by atoms with Gasteiger partial charge in [0.25, 0.3) is 0 Å². The molecule has 0 unspecified atom stereocenters. The molecule has 5 nitrogen and oxygen atoms in total. The maximum absolute atomic E-state index is 11.2. The van der Waals surface area contributed by atoms with Crippen LogP contribution in [0.1, 0.15) is 12.0 Å². The second kappa shape index (κ2) is 5.79. The number of hydrogen-bond acceptors (Lipinski definition) is 5. The average Bonchev–Trinajstić information content (AvgIpc) is 2.26. The first-order valence-corrected chi connectivity index (χ1v) is 6.97. The van der Waals surface area contributed by atoms with Crippen LogP contribution in [0.2, 0.25) is 0 Å². The van der Waals surface area contributed by atoms with Gasteiger partial charge in [-0.05, 0) is 17.7 Å². The van der Waals surface area contributed by atoms with E-state index in [1.165, 1.54) is 12.1 Å². The molecule has 94 valence electrons. The van der Waals surface area contributed by atoms with Crippen molar-refractivity contribution in [3.63, 3.8) is 0 Å². The molecule has 0 saturated heterocycles. The Kier molecular flexibility index (Phi) is 4.65. The van der Waals surface area contributed by atoms with E-state index in [-0.39, 0.29) is 30.4 Å². The summed E-state index contributed by atoms with van der Waals surface area (Å²) in [4.78, 5) is 11.3. The topological polar surface area (TPSA) is 86.5 Å². The largest absolute Gasteiger partial charge is 0.461 e. The molecule has 0 atom stereocenters. The Hall–Kier alpha value is -1.40. The lowest BCUT2D eigenvalue weighted by Crippen LogP contribution is -2.11. The lowest BCUT2D eigenvalue weighted by Gasteiger charge is -2.04. The van der Waals surface area contributed by atoms with Crippen LogP contribution in [-0.2, 0) is 26.0 Å². The zero-order valence-electron chi connectivity index (χ0n) is 9.55. The molecule has 0 radical (unpaired) electrons. The molecule has 0 bridgehead atoms. The molecular weight excluding hydrogens is 242 g/mol. The molecule has 2 N–H and O–H groups in total. The van der Waals surface area contributed by atoms with Crippen LogP contribution in [0.3, 0.4) is 0 Å². The molecule has 0 fully saturated rings. The monoisotopic (exact) mass is 257 g/mol. The summed E-state index contributed by atoms with van der Waals surface area (Å²) in [6.07, 6.45) is 1.32. The van der Waals surface area contributed by atoms with Crippen molar-refractivity contribution in [1.29, 1.82) is 0 Å². The van der Waals surface area contributed by atoms with Crippen LogP contribution >= 0.6 is 0 Å². The first kappa shape index (κ1) is 13.7. The van der Waals surface area contributed by atoms with Crippen molar-refractivity contribution in [3.8, 4) is 0 Å². The fourth-order valence-electron chi connectivity index (χ4n) is 1.19. The Morgan fingerprint density at radius 2 is 1.88 bits per heavy atom. The second-order valence-electron chi connectivity index (χ2n) is 3.62. The number of carbonyl (C=O) groups excluding carboxylic acids is 1. The Morgan fingerprint density at radius 1 is 1.29 bits per heavy atom. The van der Waals surface area contributed by atoms with Gasteiger partial charge in [-0.25, -0.2) is 8.42 Å². The van der Waals surface area contributed by atoms with Gasteiger partial charge in [0.2, 0.25) is 0 Å². The van der Waals surface area contributed by atoms with E-state index in [0.29, 0.717) is 0 Å². The third-order valence-electron chi connectivity index (χ3n) is 2.10. The number of nitrogens with two attached hydrogens (primary N) is 1. The number of rotatable bonds is 5. The van der Waals surface area contributed by atoms with Crippen LogP contribution in [0.15, 0.2) is 29.2 Å². The highest BCUT2D eigenvalue weighted by atomic mass is 32.2. The van der Waals surface area contributed by atoms with Gasteiger partial charge in [0.05, 0.1) is 11.3 Å². The summed E-state index contributed by atoms with van der Waals surface area (Å²) in [6.45, 7) is 0.384. The van der Waals surface area contributed by atoms with Crippen molar-refractivity contribution in [1.82, 2.24) is 0 Å². The molecule has 0 aliphatic rings. The summed E-state index contributed by atoms with van der Waals surface area (Å²) in [5, 5.41) is 0. The van der Waals surface area contributed by atoms with Gasteiger partial charge in [-0.2, -0.15) is 0 Å². The van der Waals surface area contributed by atoms with E-state index in [4.69, 9.17) is 10.5 Å². The summed E-state index contributed by atoms with van der Waals surface area (Å²) in [5.74, 6) is -0.361. The lowest BCUT2D eigenvalue weighted by atomic mass is 10.2. The van der Waals surface area contributed by atoms with Crippen molar-refractivity contribution in [2.45, 2.75) is 17.9 Å². The van der Waals surface area contributed by atoms with Crippen LogP contribution in [0.5, 0.6) is 0 Å². The molecule has 0 aromatic heterocycles. The van der Waals surface area contributed by atoms with E-state index >= 15 is 0 Å². The highest BCUT2D eigenvalue weighted by Crippen LogP contribution is 2.11. The quantitative estimate of drug-likeness (QED) is 0.775. The third-order valence-corrected chi connectivity index (χ3v) is 3.23. The van der Waals surface area contributed by atoms with Gasteiger partial charge in [-0.3, -0.25) is 4.79 Å². The molecule has 1 aromatic rings. The zero-order chi connectivity index (χ0) is 12.9. The predicted molar refractivity (Wildman–Crippen MR) is 63.0 cm³/mol. The highest BCUT2D eigenvalue weighted by molar-refractivity contribution is 7.90. The lowest BCUT2D eigenvalue weighted by molar-refractivity contribution is -0.144. The van der Waals surface area contributed by atoms with Gasteiger partial charge in [0.15, 0.2) is 9.84 Å². The minimum atomic E-state index is -3.18. The summed E-state index contributed by atoms with van der Waals surface area (Å²) < 4.78 is 27.3. The maximum Gasteiger partial charge on any atom is 0.307 e. The summed E-state index contributed by atoms with van der Waals surface area (Å²) >= 11 is 0. The number of hydrogen-bond donors (Lipinski definition) is 1. The normalized spacial score (nSPS) is 11.2. The molecule has 0 spiro atoms. The predicted octanol–water partition coefficient (Wildman–Crippen LogP) is 0.482. The zero-order valence-corrected chi connectivity index (χ0v) is 10.4. The molecule has 0 aliphatic carbocycles. The number of carbonyl (C=O) groups is 1. The first-order chi connectivity index (χ1) is 7.93. The number of ether oxygens (including phenoxy) is 1. The molecule has 0 saturated carbocycles. The number of esters is 1. The average molecular weight is 257 g/mol. The Bertz CT molecular complexity index is 479. The van der Waals surface area contributed by atoms with Crippen molar-refractivity contribution >= 4 is 15.8 Å². The molecule has 1 rings (SSSR count). The standard InChI is InChI=1S/C11H15NO4S/c1-17(14,15)10-4-2-9(3-5-10)8-16-11(13)6-7-12/h2-5H,6-8,12H2,1H3. The van der Waals surface area contributed by atoms with E-state index in [1.807, 2.05) is 0 Å². The molecular formula is C11H15NO4S. The van der Waals surface area contributed by atoms with Crippen LogP contribution in [0.25, 0.3) is 0 Å². The number of benzene rings is 1. The van der Waals surface area contributed by atoms with E-state index in [0.717, 1.165) is 11.8 Å². The van der Waals surface area contributed by atoms with Gasteiger partial charge in [-0.1, -0.05) is 12.1 Å². The summed E-state index contributed by atoms with van der Waals surface area (Å²) in [6, 6.07) is 6.21. The van der Waals surface area contributed by atoms with Gasteiger partial charge in [0.1, 0.15) is 6.61 Å². The summed E-state index contributed by atoms with van der Waals surface area (Å²) in [5.41, 5.74) is 5.94. The van der Waals surface area contributed by atoms with Crippen LogP contribution < -0.4 is 5.73 Å². The molecule has 6 heteroatoms. The highest BCUT2D eigenvalue weighted by Gasteiger charge is 2.07. The molecule has 0 heterocycles. The Labute approximate surface area is 100 Å². The van der Waals surface area contributed by atoms with E-state index < -0.39 is 9.84 Å². The van der Waals surface area contributed by atoms with Crippen molar-refractivity contribution < 1.29 is 17.9 Å². The molecule has 1 aromatic carbocycles. The van der Waals surface area contributed by atoms with E-state index in [2.05, 4.69) is 0 Å². The SMILES string of the molecule is CS(=O)(=O)c1ccc(COC(=O)CCN)cc1. The minimum Gasteiger partial charge on any atom is -0.461 e. The van der Waals surface area contributed by atoms with Gasteiger partial charge >= 0.3 is 5.97 Å². The maximum atomic E-state index is 11.2.